The second-order valence-corrected chi connectivity index (χ2v) is 4.93. The summed E-state index contributed by atoms with van der Waals surface area (Å²) in [7, 11) is 0. The van der Waals surface area contributed by atoms with Crippen LogP contribution in [0.5, 0.6) is 0 Å². The third-order valence-electron chi connectivity index (χ3n) is 3.62. The predicted octanol–water partition coefficient (Wildman–Crippen LogP) is 0.0416. The smallest absolute Gasteiger partial charge is 0.317 e. The van der Waals surface area contributed by atoms with Crippen molar-refractivity contribution < 1.29 is 9.59 Å². The van der Waals surface area contributed by atoms with Crippen LogP contribution in [-0.2, 0) is 6.42 Å². The van der Waals surface area contributed by atoms with Crippen molar-refractivity contribution in [2.24, 2.45) is 0 Å². The van der Waals surface area contributed by atoms with E-state index in [0.717, 1.165) is 5.69 Å². The zero-order valence-corrected chi connectivity index (χ0v) is 12.5. The summed E-state index contributed by atoms with van der Waals surface area (Å²) in [5, 5.41) is 9.56. The van der Waals surface area contributed by atoms with Crippen LogP contribution in [0.4, 0.5) is 10.5 Å². The minimum absolute atomic E-state index is 0.0860. The number of hydrogen-bond acceptors (Lipinski definition) is 4. The summed E-state index contributed by atoms with van der Waals surface area (Å²) >= 11 is 0. The average Bonchev–Trinajstić information content (AvgIpc) is 2.88. The zero-order valence-electron chi connectivity index (χ0n) is 12.5. The number of aromatic amines is 1. The first-order chi connectivity index (χ1) is 10.1. The van der Waals surface area contributed by atoms with Gasteiger partial charge in [-0.15, -0.1) is 0 Å². The minimum Gasteiger partial charge on any atom is -0.395 e. The third kappa shape index (κ3) is 3.09. The van der Waals surface area contributed by atoms with E-state index < -0.39 is 0 Å². The van der Waals surface area contributed by atoms with Gasteiger partial charge in [-0.1, -0.05) is 6.92 Å². The minimum atomic E-state index is -0.181. The summed E-state index contributed by atoms with van der Waals surface area (Å²) in [6, 6.07) is -0.0860. The molecular formula is C13H22N6O2. The SMILES string of the molecule is CCNC(=O)N1CCN(C(=O)c2n[nH]c(CC)c2N)CC1. The van der Waals surface area contributed by atoms with Crippen molar-refractivity contribution in [2.75, 3.05) is 38.5 Å². The van der Waals surface area contributed by atoms with Crippen LogP contribution in [0.15, 0.2) is 0 Å². The number of amides is 3. The average molecular weight is 294 g/mol. The topological polar surface area (TPSA) is 107 Å². The third-order valence-corrected chi connectivity index (χ3v) is 3.62. The van der Waals surface area contributed by atoms with Crippen LogP contribution in [-0.4, -0.2) is 64.7 Å². The number of nitrogens with one attached hydrogen (secondary N) is 2. The molecule has 1 aromatic heterocycles. The number of rotatable bonds is 3. The molecule has 2 rings (SSSR count). The summed E-state index contributed by atoms with van der Waals surface area (Å²) in [4.78, 5) is 27.5. The van der Waals surface area contributed by atoms with Gasteiger partial charge in [0.25, 0.3) is 5.91 Å². The maximum atomic E-state index is 12.4. The Hall–Kier alpha value is -2.25. The van der Waals surface area contributed by atoms with Crippen molar-refractivity contribution in [3.63, 3.8) is 0 Å². The lowest BCUT2D eigenvalue weighted by atomic mass is 10.2. The normalized spacial score (nSPS) is 15.1. The Kier molecular flexibility index (Phi) is 4.66. The molecule has 21 heavy (non-hydrogen) atoms. The Labute approximate surface area is 123 Å². The van der Waals surface area contributed by atoms with E-state index in [2.05, 4.69) is 15.5 Å². The first kappa shape index (κ1) is 15.1. The highest BCUT2D eigenvalue weighted by molar-refractivity contribution is 5.97. The number of aromatic nitrogens is 2. The fourth-order valence-corrected chi connectivity index (χ4v) is 2.34. The zero-order chi connectivity index (χ0) is 15.4. The maximum absolute atomic E-state index is 12.4. The number of anilines is 1. The number of urea groups is 1. The van der Waals surface area contributed by atoms with Gasteiger partial charge in [-0.2, -0.15) is 5.10 Å². The lowest BCUT2D eigenvalue weighted by Crippen LogP contribution is -2.53. The van der Waals surface area contributed by atoms with Crippen molar-refractivity contribution in [3.05, 3.63) is 11.4 Å². The molecular weight excluding hydrogens is 272 g/mol. The standard InChI is InChI=1S/C13H22N6O2/c1-3-9-10(14)11(17-16-9)12(20)18-5-7-19(8-6-18)13(21)15-4-2/h3-8,14H2,1-2H3,(H,15,21)(H,16,17). The van der Waals surface area contributed by atoms with E-state index in [1.165, 1.54) is 0 Å². The molecule has 8 heteroatoms. The first-order valence-electron chi connectivity index (χ1n) is 7.23. The van der Waals surface area contributed by atoms with Gasteiger partial charge >= 0.3 is 6.03 Å². The summed E-state index contributed by atoms with van der Waals surface area (Å²) in [5.41, 5.74) is 7.40. The number of carbonyl (C=O) groups excluding carboxylic acids is 2. The van der Waals surface area contributed by atoms with Crippen molar-refractivity contribution in [1.82, 2.24) is 25.3 Å². The number of carbonyl (C=O) groups is 2. The summed E-state index contributed by atoms with van der Waals surface area (Å²) in [6.45, 7) is 6.44. The molecule has 3 amide bonds. The number of hydrogen-bond donors (Lipinski definition) is 3. The van der Waals surface area contributed by atoms with Crippen molar-refractivity contribution in [1.29, 1.82) is 0 Å². The highest BCUT2D eigenvalue weighted by Gasteiger charge is 2.27. The predicted molar refractivity (Wildman–Crippen MR) is 78.9 cm³/mol. The van der Waals surface area contributed by atoms with E-state index in [4.69, 9.17) is 5.73 Å². The van der Waals surface area contributed by atoms with Gasteiger partial charge in [0.2, 0.25) is 0 Å². The van der Waals surface area contributed by atoms with Gasteiger partial charge in [-0.3, -0.25) is 9.89 Å². The molecule has 8 nitrogen and oxygen atoms in total. The van der Waals surface area contributed by atoms with Crippen molar-refractivity contribution in [2.45, 2.75) is 20.3 Å². The number of nitrogen functional groups attached to an aromatic ring is 1. The Balaban J connectivity index is 1.97. The Morgan fingerprint density at radius 3 is 2.38 bits per heavy atom. The molecule has 0 aromatic carbocycles. The molecule has 1 saturated heterocycles. The molecule has 1 aliphatic rings. The van der Waals surface area contributed by atoms with Gasteiger partial charge in [-0.25, -0.2) is 4.79 Å². The molecule has 0 radical (unpaired) electrons. The van der Waals surface area contributed by atoms with E-state index in [-0.39, 0.29) is 17.6 Å². The van der Waals surface area contributed by atoms with E-state index in [1.54, 1.807) is 9.80 Å². The molecule has 1 aromatic rings. The fraction of sp³-hybridized carbons (Fsp3) is 0.615. The highest BCUT2D eigenvalue weighted by atomic mass is 16.2. The monoisotopic (exact) mass is 294 g/mol. The number of nitrogens with zero attached hydrogens (tertiary/aromatic N) is 3. The summed E-state index contributed by atoms with van der Waals surface area (Å²) < 4.78 is 0. The lowest BCUT2D eigenvalue weighted by molar-refractivity contribution is 0.0660. The van der Waals surface area contributed by atoms with Crippen LogP contribution >= 0.6 is 0 Å². The molecule has 0 saturated carbocycles. The van der Waals surface area contributed by atoms with E-state index in [1.807, 2.05) is 13.8 Å². The van der Waals surface area contributed by atoms with Crippen molar-refractivity contribution in [3.8, 4) is 0 Å². The van der Waals surface area contributed by atoms with E-state index in [0.29, 0.717) is 44.8 Å². The molecule has 2 heterocycles. The van der Waals surface area contributed by atoms with Crippen LogP contribution in [0.1, 0.15) is 30.0 Å². The van der Waals surface area contributed by atoms with Gasteiger partial charge in [-0.05, 0) is 13.3 Å². The number of nitrogens with two attached hydrogens (primary N) is 1. The molecule has 1 fully saturated rings. The van der Waals surface area contributed by atoms with Crippen LogP contribution in [0.25, 0.3) is 0 Å². The largest absolute Gasteiger partial charge is 0.395 e. The molecule has 0 unspecified atom stereocenters. The number of H-pyrrole nitrogens is 1. The fourth-order valence-electron chi connectivity index (χ4n) is 2.34. The van der Waals surface area contributed by atoms with Gasteiger partial charge in [0.15, 0.2) is 5.69 Å². The van der Waals surface area contributed by atoms with Crippen molar-refractivity contribution >= 4 is 17.6 Å². The molecule has 116 valence electrons. The van der Waals surface area contributed by atoms with Gasteiger partial charge in [0, 0.05) is 32.7 Å². The molecule has 0 bridgehead atoms. The molecule has 0 atom stereocenters. The summed E-state index contributed by atoms with van der Waals surface area (Å²) in [5.74, 6) is -0.181. The van der Waals surface area contributed by atoms with E-state index >= 15 is 0 Å². The number of aryl methyl sites for hydroxylation is 1. The highest BCUT2D eigenvalue weighted by Crippen LogP contribution is 2.17. The summed E-state index contributed by atoms with van der Waals surface area (Å²) in [6.07, 6.45) is 0.705. The van der Waals surface area contributed by atoms with Gasteiger partial charge in [0.05, 0.1) is 11.4 Å². The van der Waals surface area contributed by atoms with Crippen LogP contribution < -0.4 is 11.1 Å². The molecule has 4 N–H and O–H groups in total. The Morgan fingerprint density at radius 1 is 1.24 bits per heavy atom. The van der Waals surface area contributed by atoms with Gasteiger partial charge < -0.3 is 20.9 Å². The first-order valence-corrected chi connectivity index (χ1v) is 7.23. The Bertz CT molecular complexity index is 519. The van der Waals surface area contributed by atoms with Crippen LogP contribution in [0, 0.1) is 0 Å². The quantitative estimate of drug-likeness (QED) is 0.731. The molecule has 0 aliphatic carbocycles. The second kappa shape index (κ2) is 6.47. The second-order valence-electron chi connectivity index (χ2n) is 4.93. The van der Waals surface area contributed by atoms with Gasteiger partial charge in [0.1, 0.15) is 0 Å². The molecule has 0 spiro atoms. The molecule has 1 aliphatic heterocycles. The lowest BCUT2D eigenvalue weighted by Gasteiger charge is -2.34. The van der Waals surface area contributed by atoms with E-state index in [9.17, 15) is 9.59 Å². The Morgan fingerprint density at radius 2 is 1.86 bits per heavy atom. The number of piperazine rings is 1. The van der Waals surface area contributed by atoms with Crippen LogP contribution in [0.2, 0.25) is 0 Å². The van der Waals surface area contributed by atoms with Crippen LogP contribution in [0.3, 0.4) is 0 Å². The maximum Gasteiger partial charge on any atom is 0.317 e.